The van der Waals surface area contributed by atoms with Crippen molar-refractivity contribution in [3.63, 3.8) is 0 Å². The summed E-state index contributed by atoms with van der Waals surface area (Å²) in [5.74, 6) is 0.928. The van der Waals surface area contributed by atoms with Gasteiger partial charge in [0.05, 0.1) is 7.11 Å². The maximum absolute atomic E-state index is 12.2. The number of nitrogens with two attached hydrogens (primary N) is 1. The van der Waals surface area contributed by atoms with Gasteiger partial charge in [0.15, 0.2) is 0 Å². The summed E-state index contributed by atoms with van der Waals surface area (Å²) in [6, 6.07) is 6.01. The largest absolute Gasteiger partial charge is 0.496 e. The Morgan fingerprint density at radius 1 is 1.45 bits per heavy atom. The van der Waals surface area contributed by atoms with Crippen molar-refractivity contribution in [3.05, 3.63) is 29.3 Å². The Hall–Kier alpha value is -1.55. The van der Waals surface area contributed by atoms with Gasteiger partial charge in [-0.2, -0.15) is 0 Å². The van der Waals surface area contributed by atoms with Gasteiger partial charge in [-0.25, -0.2) is 0 Å². The normalized spacial score (nSPS) is 16.4. The minimum atomic E-state index is -0.262. The molecule has 0 atom stereocenters. The van der Waals surface area contributed by atoms with Crippen molar-refractivity contribution in [1.82, 2.24) is 4.90 Å². The van der Waals surface area contributed by atoms with Crippen molar-refractivity contribution in [2.75, 3.05) is 14.2 Å². The van der Waals surface area contributed by atoms with Crippen LogP contribution in [0.3, 0.4) is 0 Å². The van der Waals surface area contributed by atoms with Crippen LogP contribution in [-0.4, -0.2) is 30.5 Å². The van der Waals surface area contributed by atoms with Gasteiger partial charge in [-0.3, -0.25) is 4.79 Å². The predicted molar refractivity (Wildman–Crippen MR) is 79.6 cm³/mol. The third kappa shape index (κ3) is 3.31. The van der Waals surface area contributed by atoms with Crippen LogP contribution < -0.4 is 10.5 Å². The van der Waals surface area contributed by atoms with Crippen molar-refractivity contribution in [2.45, 2.75) is 44.7 Å². The van der Waals surface area contributed by atoms with Gasteiger partial charge < -0.3 is 15.4 Å². The molecular weight excluding hydrogens is 252 g/mol. The van der Waals surface area contributed by atoms with Crippen molar-refractivity contribution in [3.8, 4) is 5.75 Å². The van der Waals surface area contributed by atoms with E-state index < -0.39 is 0 Å². The monoisotopic (exact) mass is 276 g/mol. The van der Waals surface area contributed by atoms with Crippen LogP contribution in [-0.2, 0) is 11.3 Å². The van der Waals surface area contributed by atoms with E-state index in [-0.39, 0.29) is 11.4 Å². The van der Waals surface area contributed by atoms with Gasteiger partial charge in [-0.05, 0) is 32.3 Å². The van der Waals surface area contributed by atoms with Gasteiger partial charge in [-0.1, -0.05) is 17.7 Å². The maximum Gasteiger partial charge on any atom is 0.224 e. The minimum Gasteiger partial charge on any atom is -0.496 e. The summed E-state index contributed by atoms with van der Waals surface area (Å²) in [7, 11) is 3.48. The number of amides is 1. The lowest BCUT2D eigenvalue weighted by atomic mass is 9.75. The van der Waals surface area contributed by atoms with E-state index in [0.717, 1.165) is 36.1 Å². The van der Waals surface area contributed by atoms with Crippen LogP contribution in [0.1, 0.15) is 36.8 Å². The molecule has 0 spiro atoms. The van der Waals surface area contributed by atoms with Gasteiger partial charge in [0.1, 0.15) is 5.75 Å². The fraction of sp³-hybridized carbons (Fsp3) is 0.562. The fourth-order valence-corrected chi connectivity index (χ4v) is 2.62. The molecule has 4 nitrogen and oxygen atoms in total. The van der Waals surface area contributed by atoms with Gasteiger partial charge in [-0.15, -0.1) is 0 Å². The Morgan fingerprint density at radius 2 is 2.15 bits per heavy atom. The number of aryl methyl sites for hydroxylation is 1. The summed E-state index contributed by atoms with van der Waals surface area (Å²) in [4.78, 5) is 14.0. The zero-order chi connectivity index (χ0) is 14.8. The molecule has 110 valence electrons. The molecular formula is C16H24N2O2. The molecule has 2 N–H and O–H groups in total. The molecule has 0 radical (unpaired) electrons. The van der Waals surface area contributed by atoms with Crippen LogP contribution in [0.2, 0.25) is 0 Å². The summed E-state index contributed by atoms with van der Waals surface area (Å²) in [6.45, 7) is 2.59. The first-order valence-corrected chi connectivity index (χ1v) is 7.10. The summed E-state index contributed by atoms with van der Waals surface area (Å²) < 4.78 is 5.35. The second-order valence-electron chi connectivity index (χ2n) is 5.96. The van der Waals surface area contributed by atoms with Crippen LogP contribution in [0.4, 0.5) is 0 Å². The van der Waals surface area contributed by atoms with Crippen LogP contribution >= 0.6 is 0 Å². The molecule has 0 unspecified atom stereocenters. The molecule has 1 amide bonds. The predicted octanol–water partition coefficient (Wildman–Crippen LogP) is 2.23. The number of carbonyl (C=O) groups is 1. The van der Waals surface area contributed by atoms with E-state index in [1.54, 1.807) is 12.0 Å². The number of rotatable bonds is 5. The van der Waals surface area contributed by atoms with Crippen molar-refractivity contribution in [2.24, 2.45) is 5.73 Å². The smallest absolute Gasteiger partial charge is 0.224 e. The van der Waals surface area contributed by atoms with Gasteiger partial charge >= 0.3 is 0 Å². The molecule has 0 aliphatic heterocycles. The first-order chi connectivity index (χ1) is 9.43. The minimum absolute atomic E-state index is 0.107. The van der Waals surface area contributed by atoms with Gasteiger partial charge in [0, 0.05) is 31.1 Å². The van der Waals surface area contributed by atoms with E-state index in [9.17, 15) is 4.79 Å². The number of methoxy groups -OCH3 is 1. The molecule has 1 aliphatic carbocycles. The highest BCUT2D eigenvalue weighted by Gasteiger charge is 2.35. The lowest BCUT2D eigenvalue weighted by Gasteiger charge is -2.38. The zero-order valence-electron chi connectivity index (χ0n) is 12.6. The number of carbonyl (C=O) groups excluding carboxylic acids is 1. The fourth-order valence-electron chi connectivity index (χ4n) is 2.62. The SMILES string of the molecule is COc1ccc(C)cc1CN(C)C(=O)CC1(N)CCC1. The van der Waals surface area contributed by atoms with Crippen molar-refractivity contribution in [1.29, 1.82) is 0 Å². The average Bonchev–Trinajstić information content (AvgIpc) is 2.37. The highest BCUT2D eigenvalue weighted by Crippen LogP contribution is 2.32. The number of hydrogen-bond acceptors (Lipinski definition) is 3. The van der Waals surface area contributed by atoms with E-state index in [0.29, 0.717) is 13.0 Å². The molecule has 0 saturated heterocycles. The summed E-state index contributed by atoms with van der Waals surface area (Å²) in [5, 5.41) is 0. The van der Waals surface area contributed by atoms with E-state index in [2.05, 4.69) is 6.07 Å². The third-order valence-electron chi connectivity index (χ3n) is 4.12. The zero-order valence-corrected chi connectivity index (χ0v) is 12.6. The lowest BCUT2D eigenvalue weighted by Crippen LogP contribution is -2.50. The Bertz CT molecular complexity index is 495. The van der Waals surface area contributed by atoms with Gasteiger partial charge in [0.2, 0.25) is 5.91 Å². The van der Waals surface area contributed by atoms with Crippen LogP contribution in [0.25, 0.3) is 0 Å². The van der Waals surface area contributed by atoms with Gasteiger partial charge in [0.25, 0.3) is 0 Å². The summed E-state index contributed by atoms with van der Waals surface area (Å²) >= 11 is 0. The molecule has 4 heteroatoms. The summed E-state index contributed by atoms with van der Waals surface area (Å²) in [5.41, 5.74) is 8.07. The Kier molecular flexibility index (Phi) is 4.33. The first kappa shape index (κ1) is 14.9. The molecule has 2 rings (SSSR count). The van der Waals surface area contributed by atoms with E-state index in [1.165, 1.54) is 0 Å². The molecule has 1 aliphatic rings. The lowest BCUT2D eigenvalue weighted by molar-refractivity contribution is -0.132. The maximum atomic E-state index is 12.2. The van der Waals surface area contributed by atoms with Crippen LogP contribution in [0.5, 0.6) is 5.75 Å². The van der Waals surface area contributed by atoms with Crippen molar-refractivity contribution >= 4 is 5.91 Å². The van der Waals surface area contributed by atoms with Crippen LogP contribution in [0, 0.1) is 6.92 Å². The molecule has 1 fully saturated rings. The molecule has 1 aromatic rings. The number of ether oxygens (including phenoxy) is 1. The molecule has 0 bridgehead atoms. The quantitative estimate of drug-likeness (QED) is 0.897. The first-order valence-electron chi connectivity index (χ1n) is 7.10. The highest BCUT2D eigenvalue weighted by molar-refractivity contribution is 5.77. The number of nitrogens with zero attached hydrogens (tertiary/aromatic N) is 1. The van der Waals surface area contributed by atoms with Crippen LogP contribution in [0.15, 0.2) is 18.2 Å². The number of benzene rings is 1. The second kappa shape index (κ2) is 5.83. The second-order valence-corrected chi connectivity index (χ2v) is 5.96. The molecule has 20 heavy (non-hydrogen) atoms. The topological polar surface area (TPSA) is 55.6 Å². The Morgan fingerprint density at radius 3 is 2.70 bits per heavy atom. The number of hydrogen-bond donors (Lipinski definition) is 1. The Labute approximate surface area is 120 Å². The molecule has 1 saturated carbocycles. The van der Waals surface area contributed by atoms with E-state index in [1.807, 2.05) is 26.1 Å². The molecule has 0 aromatic heterocycles. The van der Waals surface area contributed by atoms with E-state index >= 15 is 0 Å². The third-order valence-corrected chi connectivity index (χ3v) is 4.12. The highest BCUT2D eigenvalue weighted by atomic mass is 16.5. The molecule has 1 aromatic carbocycles. The summed E-state index contributed by atoms with van der Waals surface area (Å²) in [6.07, 6.45) is 3.50. The average molecular weight is 276 g/mol. The molecule has 0 heterocycles. The Balaban J connectivity index is 2.01. The standard InChI is InChI=1S/C16H24N2O2/c1-12-5-6-14(20-3)13(9-12)11-18(2)15(19)10-16(17)7-4-8-16/h5-6,9H,4,7-8,10-11,17H2,1-3H3. The van der Waals surface area contributed by atoms with Crippen molar-refractivity contribution < 1.29 is 9.53 Å². The van der Waals surface area contributed by atoms with E-state index in [4.69, 9.17) is 10.5 Å².